The maximum absolute atomic E-state index is 10.1. The van der Waals surface area contributed by atoms with Gasteiger partial charge in [-0.15, -0.1) is 0 Å². The van der Waals surface area contributed by atoms with Crippen molar-refractivity contribution in [1.82, 2.24) is 5.32 Å². The first-order valence-corrected chi connectivity index (χ1v) is 6.25. The largest absolute Gasteiger partial charge is 0.317 e. The second-order valence-corrected chi connectivity index (χ2v) is 3.87. The first-order chi connectivity index (χ1) is 6.77. The van der Waals surface area contributed by atoms with Crippen LogP contribution < -0.4 is 5.32 Å². The number of hydrogen-bond donors (Lipinski definition) is 2. The molecule has 86 valence electrons. The quantitative estimate of drug-likeness (QED) is 0.437. The van der Waals surface area contributed by atoms with Crippen molar-refractivity contribution in [3.05, 3.63) is 0 Å². The zero-order valence-electron chi connectivity index (χ0n) is 8.83. The van der Waals surface area contributed by atoms with Gasteiger partial charge in [-0.05, 0) is 25.9 Å². The molecule has 14 heavy (non-hydrogen) atoms. The topological polar surface area (TPSA) is 58.6 Å². The van der Waals surface area contributed by atoms with Crippen LogP contribution >= 0.6 is 0 Å². The standard InChI is InChI=1S/C9H21NO3S/c1-2-3-4-5-7-10-8-6-9-13-14(11)12/h10H,2-9H2,1H3,(H,11,12). The van der Waals surface area contributed by atoms with E-state index in [2.05, 4.69) is 16.4 Å². The lowest BCUT2D eigenvalue weighted by Crippen LogP contribution is -2.18. The van der Waals surface area contributed by atoms with Gasteiger partial charge in [0, 0.05) is 0 Å². The van der Waals surface area contributed by atoms with Crippen molar-refractivity contribution in [2.24, 2.45) is 0 Å². The normalized spacial score (nSPS) is 13.0. The van der Waals surface area contributed by atoms with Crippen molar-refractivity contribution in [3.8, 4) is 0 Å². The highest BCUT2D eigenvalue weighted by Crippen LogP contribution is 1.96. The lowest BCUT2D eigenvalue weighted by atomic mass is 10.2. The molecule has 0 aromatic heterocycles. The van der Waals surface area contributed by atoms with E-state index in [0.29, 0.717) is 6.61 Å². The van der Waals surface area contributed by atoms with E-state index in [4.69, 9.17) is 4.55 Å². The molecular formula is C9H21NO3S. The Morgan fingerprint density at radius 2 is 1.93 bits per heavy atom. The van der Waals surface area contributed by atoms with Crippen LogP contribution in [-0.4, -0.2) is 28.5 Å². The third-order valence-electron chi connectivity index (χ3n) is 1.89. The molecule has 0 aromatic rings. The van der Waals surface area contributed by atoms with Crippen molar-refractivity contribution >= 4 is 11.4 Å². The molecule has 0 saturated carbocycles. The summed E-state index contributed by atoms with van der Waals surface area (Å²) in [5, 5.41) is 3.26. The van der Waals surface area contributed by atoms with Gasteiger partial charge in [-0.3, -0.25) is 8.74 Å². The molecule has 0 aliphatic carbocycles. The highest BCUT2D eigenvalue weighted by atomic mass is 32.2. The Balaban J connectivity index is 2.88. The van der Waals surface area contributed by atoms with Crippen LogP contribution in [0.15, 0.2) is 0 Å². The van der Waals surface area contributed by atoms with Gasteiger partial charge in [-0.1, -0.05) is 26.2 Å². The summed E-state index contributed by atoms with van der Waals surface area (Å²) in [6.45, 7) is 4.41. The summed E-state index contributed by atoms with van der Waals surface area (Å²) in [4.78, 5) is 0. The van der Waals surface area contributed by atoms with E-state index < -0.39 is 11.4 Å². The lowest BCUT2D eigenvalue weighted by molar-refractivity contribution is 0.299. The highest BCUT2D eigenvalue weighted by molar-refractivity contribution is 7.74. The molecule has 0 aromatic carbocycles. The van der Waals surface area contributed by atoms with Gasteiger partial charge in [0.2, 0.25) is 0 Å². The van der Waals surface area contributed by atoms with E-state index in [0.717, 1.165) is 19.5 Å². The molecule has 0 rings (SSSR count). The Morgan fingerprint density at radius 1 is 1.21 bits per heavy atom. The Kier molecular flexibility index (Phi) is 11.1. The molecule has 1 atom stereocenters. The molecule has 0 radical (unpaired) electrons. The SMILES string of the molecule is CCCCCCNCCCOS(=O)O. The molecule has 5 heteroatoms. The van der Waals surface area contributed by atoms with Crippen molar-refractivity contribution in [1.29, 1.82) is 0 Å². The molecule has 4 nitrogen and oxygen atoms in total. The molecule has 0 amide bonds. The molecule has 0 fully saturated rings. The monoisotopic (exact) mass is 223 g/mol. The van der Waals surface area contributed by atoms with Crippen molar-refractivity contribution in [2.75, 3.05) is 19.7 Å². The fourth-order valence-electron chi connectivity index (χ4n) is 1.13. The minimum Gasteiger partial charge on any atom is -0.317 e. The van der Waals surface area contributed by atoms with Gasteiger partial charge < -0.3 is 5.32 Å². The third kappa shape index (κ3) is 12.0. The smallest absolute Gasteiger partial charge is 0.301 e. The Hall–Kier alpha value is 0.0300. The number of hydrogen-bond acceptors (Lipinski definition) is 3. The average molecular weight is 223 g/mol. The van der Waals surface area contributed by atoms with Gasteiger partial charge in [0.1, 0.15) is 0 Å². The molecule has 0 aliphatic rings. The van der Waals surface area contributed by atoms with E-state index >= 15 is 0 Å². The van der Waals surface area contributed by atoms with E-state index in [-0.39, 0.29) is 0 Å². The summed E-state index contributed by atoms with van der Waals surface area (Å²) >= 11 is -2.10. The van der Waals surface area contributed by atoms with E-state index in [9.17, 15) is 4.21 Å². The molecule has 2 N–H and O–H groups in total. The maximum atomic E-state index is 10.1. The zero-order valence-corrected chi connectivity index (χ0v) is 9.65. The fraction of sp³-hybridized carbons (Fsp3) is 1.00. The van der Waals surface area contributed by atoms with Gasteiger partial charge in [0.25, 0.3) is 0 Å². The minimum atomic E-state index is -2.10. The van der Waals surface area contributed by atoms with Crippen LogP contribution in [0.2, 0.25) is 0 Å². The van der Waals surface area contributed by atoms with Crippen LogP contribution in [0.4, 0.5) is 0 Å². The van der Waals surface area contributed by atoms with E-state index in [1.165, 1.54) is 25.7 Å². The number of nitrogens with one attached hydrogen (secondary N) is 1. The van der Waals surface area contributed by atoms with Crippen LogP contribution in [0, 0.1) is 0 Å². The number of rotatable bonds is 10. The summed E-state index contributed by atoms with van der Waals surface area (Å²) in [7, 11) is 0. The van der Waals surface area contributed by atoms with Crippen LogP contribution in [0.5, 0.6) is 0 Å². The predicted molar refractivity (Wildman–Crippen MR) is 58.4 cm³/mol. The minimum absolute atomic E-state index is 0.338. The molecule has 0 bridgehead atoms. The summed E-state index contributed by atoms with van der Waals surface area (Å²) in [6, 6.07) is 0. The maximum Gasteiger partial charge on any atom is 0.301 e. The van der Waals surface area contributed by atoms with Gasteiger partial charge in [0.05, 0.1) is 6.61 Å². The van der Waals surface area contributed by atoms with Crippen LogP contribution in [0.3, 0.4) is 0 Å². The fourth-order valence-corrected chi connectivity index (χ4v) is 1.39. The second kappa shape index (κ2) is 11.1. The summed E-state index contributed by atoms with van der Waals surface area (Å²) in [5.41, 5.74) is 0. The Labute approximate surface area is 88.9 Å². The van der Waals surface area contributed by atoms with Crippen molar-refractivity contribution < 1.29 is 12.9 Å². The first kappa shape index (κ1) is 14.0. The summed E-state index contributed by atoms with van der Waals surface area (Å²) in [5.74, 6) is 0. The first-order valence-electron chi connectivity index (χ1n) is 5.22. The van der Waals surface area contributed by atoms with Gasteiger partial charge in [0.15, 0.2) is 0 Å². The van der Waals surface area contributed by atoms with E-state index in [1.54, 1.807) is 0 Å². The lowest BCUT2D eigenvalue weighted by Gasteiger charge is -2.03. The van der Waals surface area contributed by atoms with Crippen LogP contribution in [0.25, 0.3) is 0 Å². The zero-order chi connectivity index (χ0) is 10.6. The molecule has 0 heterocycles. The highest BCUT2D eigenvalue weighted by Gasteiger charge is 1.93. The van der Waals surface area contributed by atoms with E-state index in [1.807, 2.05) is 0 Å². The third-order valence-corrected chi connectivity index (χ3v) is 2.26. The van der Waals surface area contributed by atoms with Gasteiger partial charge in [-0.2, -0.15) is 4.21 Å². The van der Waals surface area contributed by atoms with Crippen molar-refractivity contribution in [3.63, 3.8) is 0 Å². The molecular weight excluding hydrogens is 202 g/mol. The molecule has 1 unspecified atom stereocenters. The van der Waals surface area contributed by atoms with Crippen molar-refractivity contribution in [2.45, 2.75) is 39.0 Å². The van der Waals surface area contributed by atoms with Crippen LogP contribution in [0.1, 0.15) is 39.0 Å². The predicted octanol–water partition coefficient (Wildman–Crippen LogP) is 1.70. The summed E-state index contributed by atoms with van der Waals surface area (Å²) in [6.07, 6.45) is 5.83. The Morgan fingerprint density at radius 3 is 2.57 bits per heavy atom. The molecule has 0 saturated heterocycles. The Bertz CT molecular complexity index is 144. The van der Waals surface area contributed by atoms with Gasteiger partial charge >= 0.3 is 11.4 Å². The molecule has 0 spiro atoms. The van der Waals surface area contributed by atoms with Crippen LogP contribution in [-0.2, 0) is 15.5 Å². The average Bonchev–Trinajstić information content (AvgIpc) is 2.15. The second-order valence-electron chi connectivity index (χ2n) is 3.20. The molecule has 0 aliphatic heterocycles. The summed E-state index contributed by atoms with van der Waals surface area (Å²) < 4.78 is 22.8. The number of unbranched alkanes of at least 4 members (excludes halogenated alkanes) is 3. The van der Waals surface area contributed by atoms with Gasteiger partial charge in [-0.25, -0.2) is 0 Å².